The molecule has 0 aliphatic heterocycles. The van der Waals surface area contributed by atoms with Gasteiger partial charge in [0.25, 0.3) is 28.8 Å². The minimum Gasteiger partial charge on any atom is -0.481 e. The summed E-state index contributed by atoms with van der Waals surface area (Å²) < 4.78 is 19.9. The van der Waals surface area contributed by atoms with E-state index in [9.17, 15) is 24.0 Å². The van der Waals surface area contributed by atoms with Gasteiger partial charge in [-0.2, -0.15) is 25.1 Å². The number of nitrogens with zero attached hydrogens (tertiary/aromatic N) is 11. The van der Waals surface area contributed by atoms with Gasteiger partial charge in [0, 0.05) is 86.1 Å². The highest BCUT2D eigenvalue weighted by Crippen LogP contribution is 2.21. The van der Waals surface area contributed by atoms with Crippen molar-refractivity contribution in [2.75, 3.05) is 43.9 Å². The third-order valence-corrected chi connectivity index (χ3v) is 11.9. The smallest absolute Gasteiger partial charge is 0.305 e. The van der Waals surface area contributed by atoms with Crippen LogP contribution in [0.3, 0.4) is 0 Å². The molecule has 8 aromatic heterocycles. The number of hydrogen-bond donors (Lipinski definition) is 7. The van der Waals surface area contributed by atoms with Crippen LogP contribution in [0.5, 0.6) is 0 Å². The number of aromatic amines is 2. The van der Waals surface area contributed by atoms with Crippen molar-refractivity contribution < 1.29 is 37.8 Å². The normalized spacial score (nSPS) is 10.6. The molecular weight excluding hydrogens is 1090 g/mol. The Bertz CT molecular complexity index is 3810. The van der Waals surface area contributed by atoms with Crippen LogP contribution < -0.4 is 32.8 Å². The van der Waals surface area contributed by atoms with Crippen molar-refractivity contribution in [1.82, 2.24) is 71.1 Å². The molecule has 0 spiro atoms. The van der Waals surface area contributed by atoms with E-state index < -0.39 is 5.97 Å². The van der Waals surface area contributed by atoms with E-state index in [1.54, 1.807) is 42.9 Å². The van der Waals surface area contributed by atoms with E-state index in [0.29, 0.717) is 107 Å². The van der Waals surface area contributed by atoms with Gasteiger partial charge in [0.1, 0.15) is 5.15 Å². The fraction of sp³-hybridized carbons (Fsp3) is 0.273. The Morgan fingerprint density at radius 1 is 0.590 bits per heavy atom. The standard InChI is InChI=1S/C22H23N7O3.C11H10ClN3O3.C11H14N4O.C11H11N3O3/c1-14-7-8-15(13-25-14)22-26-18(29-32-22)9-10-19(30)23-11-4-12-24-20-16-5-2-3-6-17(16)21(31)28-27-20;1-17-10(16)5-4-9-14-11(18-15-9)7-2-3-8(12)13-6-7;12-6-3-7-13-10-8-4-1-2-5-9(8)11(16)15-14-10;1-7-2-3-8(6-12-7)11-13-9(14-17-11)4-5-10(15)16/h2-3,5-8,13H,4,9-12H2,1H3,(H,23,30)(H,24,27)(H,28,31);2-3,6H,4-5H2,1H3;1-2,4-5H,3,6-7,12H2,(H,13,14)(H,15,16);2-3,6H,4-5H2,1H3,(H,15,16). The number of aliphatic carboxylic acids is 1. The number of nitrogens with one attached hydrogen (secondary N) is 5. The van der Waals surface area contributed by atoms with Gasteiger partial charge in [-0.1, -0.05) is 63.5 Å². The zero-order valence-corrected chi connectivity index (χ0v) is 46.1. The lowest BCUT2D eigenvalue weighted by Gasteiger charge is -2.08. The van der Waals surface area contributed by atoms with E-state index in [4.69, 9.17) is 36.0 Å². The summed E-state index contributed by atoms with van der Waals surface area (Å²) in [5, 5.41) is 45.4. The van der Waals surface area contributed by atoms with Crippen molar-refractivity contribution in [3.63, 3.8) is 0 Å². The molecule has 27 nitrogen and oxygen atoms in total. The largest absolute Gasteiger partial charge is 0.481 e. The number of carboxylic acids is 1. The SMILES string of the molecule is COC(=O)CCc1noc(-c2ccc(Cl)nc2)n1.Cc1ccc(-c2nc(CCC(=O)NCCCNc3n[nH]c(=O)c4ccccc34)no2)cn1.Cc1ccc(-c2nc(CCC(=O)O)no2)cn1.NCCCNc1n[nH]c(=O)c2ccccc12. The molecule has 0 bridgehead atoms. The maximum atomic E-state index is 12.1. The number of aryl methyl sites for hydroxylation is 5. The molecule has 0 atom stereocenters. The molecule has 430 valence electrons. The first-order valence-corrected chi connectivity index (χ1v) is 26.3. The highest BCUT2D eigenvalue weighted by molar-refractivity contribution is 6.29. The van der Waals surface area contributed by atoms with E-state index in [1.165, 1.54) is 7.11 Å². The maximum Gasteiger partial charge on any atom is 0.305 e. The van der Waals surface area contributed by atoms with Gasteiger partial charge >= 0.3 is 11.9 Å². The second-order valence-electron chi connectivity index (χ2n) is 17.9. The maximum absolute atomic E-state index is 12.1. The number of carboxylic acid groups (broad SMARTS) is 1. The molecule has 83 heavy (non-hydrogen) atoms. The van der Waals surface area contributed by atoms with Crippen LogP contribution in [0.15, 0.2) is 127 Å². The van der Waals surface area contributed by atoms with Crippen LogP contribution in [0.25, 0.3) is 55.9 Å². The number of H-pyrrole nitrogens is 2. The van der Waals surface area contributed by atoms with Gasteiger partial charge in [-0.25, -0.2) is 15.2 Å². The van der Waals surface area contributed by atoms with Gasteiger partial charge in [-0.3, -0.25) is 33.9 Å². The van der Waals surface area contributed by atoms with Gasteiger partial charge in [0.05, 0.1) is 47.4 Å². The van der Waals surface area contributed by atoms with Crippen molar-refractivity contribution in [2.24, 2.45) is 5.73 Å². The van der Waals surface area contributed by atoms with Crippen molar-refractivity contribution in [3.05, 3.63) is 158 Å². The summed E-state index contributed by atoms with van der Waals surface area (Å²) in [6, 6.07) is 25.4. The number of pyridine rings is 3. The van der Waals surface area contributed by atoms with Gasteiger partial charge in [-0.15, -0.1) is 0 Å². The van der Waals surface area contributed by atoms with Crippen molar-refractivity contribution >= 4 is 62.6 Å². The average molecular weight is 1150 g/mol. The van der Waals surface area contributed by atoms with Crippen molar-refractivity contribution in [1.29, 1.82) is 0 Å². The number of ether oxygens (including phenoxy) is 1. The van der Waals surface area contributed by atoms with E-state index in [1.807, 2.05) is 74.5 Å². The molecule has 0 fully saturated rings. The van der Waals surface area contributed by atoms with E-state index >= 15 is 0 Å². The number of rotatable bonds is 21. The fourth-order valence-corrected chi connectivity index (χ4v) is 7.40. The first-order chi connectivity index (χ1) is 40.3. The third kappa shape index (κ3) is 18.7. The number of carbonyl (C=O) groups excluding carboxylic acids is 2. The summed E-state index contributed by atoms with van der Waals surface area (Å²) in [5.41, 5.74) is 8.98. The van der Waals surface area contributed by atoms with Crippen LogP contribution in [0.2, 0.25) is 5.15 Å². The first kappa shape index (κ1) is 60.5. The highest BCUT2D eigenvalue weighted by Gasteiger charge is 2.14. The predicted octanol–water partition coefficient (Wildman–Crippen LogP) is 6.26. The van der Waals surface area contributed by atoms with E-state index in [0.717, 1.165) is 46.3 Å². The quantitative estimate of drug-likeness (QED) is 0.0237. The number of amides is 1. The number of aromatic nitrogens is 13. The summed E-state index contributed by atoms with van der Waals surface area (Å²) in [7, 11) is 1.34. The van der Waals surface area contributed by atoms with Crippen molar-refractivity contribution in [3.8, 4) is 34.4 Å². The summed E-state index contributed by atoms with van der Waals surface area (Å²) >= 11 is 5.68. The number of hydrogen-bond acceptors (Lipinski definition) is 23. The molecule has 0 aliphatic carbocycles. The zero-order chi connectivity index (χ0) is 58.9. The van der Waals surface area contributed by atoms with Crippen LogP contribution >= 0.6 is 11.6 Å². The first-order valence-electron chi connectivity index (χ1n) is 25.9. The van der Waals surface area contributed by atoms with Gasteiger partial charge in [0.15, 0.2) is 29.1 Å². The van der Waals surface area contributed by atoms with Crippen LogP contribution in [-0.4, -0.2) is 122 Å². The van der Waals surface area contributed by atoms with Crippen LogP contribution in [0.4, 0.5) is 11.6 Å². The number of nitrogens with two attached hydrogens (primary N) is 1. The number of methoxy groups -OCH3 is 1. The lowest BCUT2D eigenvalue weighted by Crippen LogP contribution is -2.26. The number of esters is 1. The molecule has 8 heterocycles. The molecule has 10 aromatic rings. The second-order valence-corrected chi connectivity index (χ2v) is 18.2. The number of halogens is 1. The predicted molar refractivity (Wildman–Crippen MR) is 305 cm³/mol. The highest BCUT2D eigenvalue weighted by atomic mass is 35.5. The summed E-state index contributed by atoms with van der Waals surface area (Å²) in [4.78, 5) is 81.6. The number of carbonyl (C=O) groups is 3. The molecule has 28 heteroatoms. The van der Waals surface area contributed by atoms with Gasteiger partial charge in [-0.05, 0) is 81.8 Å². The Morgan fingerprint density at radius 3 is 1.47 bits per heavy atom. The molecule has 10 rings (SSSR count). The van der Waals surface area contributed by atoms with Gasteiger partial charge in [0.2, 0.25) is 5.91 Å². The Kier molecular flexibility index (Phi) is 22.6. The molecule has 8 N–H and O–H groups in total. The second kappa shape index (κ2) is 31.0. The van der Waals surface area contributed by atoms with Crippen LogP contribution in [0.1, 0.15) is 61.0 Å². The molecule has 0 aliphatic rings. The average Bonchev–Trinajstić information content (AvgIpc) is 4.37. The summed E-state index contributed by atoms with van der Waals surface area (Å²) in [6.45, 7) is 6.28. The molecule has 0 saturated carbocycles. The Balaban J connectivity index is 0.000000167. The monoisotopic (exact) mass is 1150 g/mol. The number of benzene rings is 2. The van der Waals surface area contributed by atoms with Gasteiger partial charge < -0.3 is 45.1 Å². The van der Waals surface area contributed by atoms with E-state index in [2.05, 4.69) is 86.5 Å². The lowest BCUT2D eigenvalue weighted by molar-refractivity contribution is -0.140. The minimum absolute atomic E-state index is 0.00881. The van der Waals surface area contributed by atoms with Crippen LogP contribution in [0, 0.1) is 13.8 Å². The Morgan fingerprint density at radius 2 is 1.04 bits per heavy atom. The number of fused-ring (bicyclic) bond motifs is 2. The Labute approximate surface area is 477 Å². The summed E-state index contributed by atoms with van der Waals surface area (Å²) in [6.07, 6.45) is 7.94. The number of anilines is 2. The molecule has 0 radical (unpaired) electrons. The zero-order valence-electron chi connectivity index (χ0n) is 45.3. The molecule has 0 saturated heterocycles. The van der Waals surface area contributed by atoms with Crippen LogP contribution in [-0.2, 0) is 38.4 Å². The minimum atomic E-state index is -0.881. The van der Waals surface area contributed by atoms with E-state index in [-0.39, 0.29) is 48.7 Å². The summed E-state index contributed by atoms with van der Waals surface area (Å²) in [5.74, 6) is 2.46. The molecular formula is C55H58ClN17O10. The lowest BCUT2D eigenvalue weighted by atomic mass is 10.2. The molecule has 1 amide bonds. The topological polar surface area (TPSA) is 390 Å². The Hall–Kier alpha value is -10.2. The molecule has 2 aromatic carbocycles. The third-order valence-electron chi connectivity index (χ3n) is 11.6. The fourth-order valence-electron chi connectivity index (χ4n) is 7.29. The molecule has 0 unspecified atom stereocenters. The van der Waals surface area contributed by atoms with Crippen molar-refractivity contribution in [2.45, 2.75) is 65.2 Å².